The fourth-order valence-corrected chi connectivity index (χ4v) is 2.99. The maximum atomic E-state index is 11.4. The third-order valence-corrected chi connectivity index (χ3v) is 4.36. The van der Waals surface area contributed by atoms with E-state index in [4.69, 9.17) is 0 Å². The summed E-state index contributed by atoms with van der Waals surface area (Å²) in [5.41, 5.74) is 0.706. The molecule has 1 amide bonds. The van der Waals surface area contributed by atoms with Gasteiger partial charge in [-0.3, -0.25) is 4.79 Å². The molecule has 0 aromatic carbocycles. The number of carboxylic acids is 1. The number of hydrogen-bond acceptors (Lipinski definition) is 5. The van der Waals surface area contributed by atoms with Crippen LogP contribution in [0.1, 0.15) is 53.5 Å². The summed E-state index contributed by atoms with van der Waals surface area (Å²) in [7, 11) is 1.60. The summed E-state index contributed by atoms with van der Waals surface area (Å²) >= 11 is 1.39. The van der Waals surface area contributed by atoms with E-state index in [9.17, 15) is 14.7 Å². The summed E-state index contributed by atoms with van der Waals surface area (Å²) < 4.78 is 0. The molecule has 1 aromatic heterocycles. The zero-order valence-electron chi connectivity index (χ0n) is 12.2. The molecule has 0 saturated heterocycles. The largest absolute Gasteiger partial charge is 0.478 e. The number of nitrogens with one attached hydrogen (secondary N) is 1. The first-order chi connectivity index (χ1) is 10.0. The first-order valence-electron chi connectivity index (χ1n) is 6.98. The molecule has 2 N–H and O–H groups in total. The second-order valence-corrected chi connectivity index (χ2v) is 6.14. The Morgan fingerprint density at radius 1 is 1.38 bits per heavy atom. The van der Waals surface area contributed by atoms with Crippen LogP contribution in [0, 0.1) is 6.92 Å². The van der Waals surface area contributed by atoms with Crippen molar-refractivity contribution >= 4 is 23.6 Å². The van der Waals surface area contributed by atoms with Crippen LogP contribution in [-0.2, 0) is 4.79 Å². The molecule has 0 aliphatic heterocycles. The van der Waals surface area contributed by atoms with E-state index in [1.54, 1.807) is 14.0 Å². The molecule has 1 fully saturated rings. The molecular weight excluding hydrogens is 290 g/mol. The van der Waals surface area contributed by atoms with Gasteiger partial charge in [0.1, 0.15) is 16.4 Å². The van der Waals surface area contributed by atoms with Crippen LogP contribution in [0.5, 0.6) is 0 Å². The van der Waals surface area contributed by atoms with Crippen molar-refractivity contribution in [1.29, 1.82) is 0 Å². The van der Waals surface area contributed by atoms with Crippen molar-refractivity contribution in [1.82, 2.24) is 15.3 Å². The van der Waals surface area contributed by atoms with Crippen molar-refractivity contribution in [3.63, 3.8) is 0 Å². The van der Waals surface area contributed by atoms with Gasteiger partial charge in [0.25, 0.3) is 0 Å². The minimum atomic E-state index is -0.997. The van der Waals surface area contributed by atoms with Crippen molar-refractivity contribution in [2.45, 2.75) is 43.6 Å². The fourth-order valence-electron chi connectivity index (χ4n) is 1.97. The monoisotopic (exact) mass is 309 g/mol. The van der Waals surface area contributed by atoms with Crippen molar-refractivity contribution in [2.75, 3.05) is 12.8 Å². The number of thioether (sulfide) groups is 1. The van der Waals surface area contributed by atoms with Gasteiger partial charge in [0.2, 0.25) is 5.91 Å². The Hall–Kier alpha value is -1.63. The Kier molecular flexibility index (Phi) is 5.17. The van der Waals surface area contributed by atoms with Gasteiger partial charge < -0.3 is 10.4 Å². The van der Waals surface area contributed by atoms with Crippen molar-refractivity contribution in [2.24, 2.45) is 0 Å². The third-order valence-electron chi connectivity index (χ3n) is 3.30. The maximum Gasteiger partial charge on any atom is 0.340 e. The third kappa shape index (κ3) is 4.17. The summed E-state index contributed by atoms with van der Waals surface area (Å²) in [6, 6.07) is 0. The molecule has 21 heavy (non-hydrogen) atoms. The van der Waals surface area contributed by atoms with Crippen molar-refractivity contribution in [3.05, 3.63) is 17.1 Å². The zero-order valence-corrected chi connectivity index (χ0v) is 13.0. The van der Waals surface area contributed by atoms with E-state index in [1.165, 1.54) is 11.8 Å². The van der Waals surface area contributed by atoms with Gasteiger partial charge in [0.15, 0.2) is 0 Å². The molecule has 1 aliphatic rings. The molecule has 2 rings (SSSR count). The van der Waals surface area contributed by atoms with E-state index >= 15 is 0 Å². The summed E-state index contributed by atoms with van der Waals surface area (Å²) in [5, 5.41) is 12.4. The molecule has 1 aliphatic carbocycles. The van der Waals surface area contributed by atoms with Gasteiger partial charge >= 0.3 is 5.97 Å². The molecule has 114 valence electrons. The molecular formula is C14H19N3O3S. The Balaban J connectivity index is 2.08. The minimum Gasteiger partial charge on any atom is -0.478 e. The number of rotatable bonds is 7. The van der Waals surface area contributed by atoms with Crippen LogP contribution in [0.15, 0.2) is 5.03 Å². The van der Waals surface area contributed by atoms with Gasteiger partial charge in [0, 0.05) is 25.1 Å². The van der Waals surface area contributed by atoms with Crippen LogP contribution in [0.3, 0.4) is 0 Å². The van der Waals surface area contributed by atoms with Crippen LogP contribution in [-0.4, -0.2) is 39.8 Å². The quantitative estimate of drug-likeness (QED) is 0.454. The number of hydrogen-bond donors (Lipinski definition) is 2. The predicted octanol–water partition coefficient (Wildman–Crippen LogP) is 1.98. The van der Waals surface area contributed by atoms with Crippen molar-refractivity contribution in [3.8, 4) is 0 Å². The van der Waals surface area contributed by atoms with Crippen LogP contribution < -0.4 is 5.32 Å². The summed E-state index contributed by atoms with van der Waals surface area (Å²) in [6.07, 6.45) is 3.27. The van der Waals surface area contributed by atoms with E-state index in [-0.39, 0.29) is 11.5 Å². The number of aromatic nitrogens is 2. The smallest absolute Gasteiger partial charge is 0.340 e. The summed E-state index contributed by atoms with van der Waals surface area (Å²) in [5.74, 6) is 0.798. The van der Waals surface area contributed by atoms with Crippen LogP contribution >= 0.6 is 11.8 Å². The van der Waals surface area contributed by atoms with Crippen LogP contribution in [0.2, 0.25) is 0 Å². The SMILES string of the molecule is CNC(=O)CCCSc1nc(C2CC2)nc(C)c1C(=O)O. The van der Waals surface area contributed by atoms with E-state index in [0.29, 0.717) is 35.2 Å². The predicted molar refractivity (Wildman–Crippen MR) is 79.7 cm³/mol. The first kappa shape index (κ1) is 15.8. The van der Waals surface area contributed by atoms with E-state index < -0.39 is 5.97 Å². The molecule has 0 unspecified atom stereocenters. The first-order valence-corrected chi connectivity index (χ1v) is 7.96. The fraction of sp³-hybridized carbons (Fsp3) is 0.571. The summed E-state index contributed by atoms with van der Waals surface area (Å²) in [6.45, 7) is 1.71. The van der Waals surface area contributed by atoms with Crippen LogP contribution in [0.4, 0.5) is 0 Å². The molecule has 1 heterocycles. The Bertz CT molecular complexity index is 559. The number of nitrogens with zero attached hydrogens (tertiary/aromatic N) is 2. The van der Waals surface area contributed by atoms with E-state index in [2.05, 4.69) is 15.3 Å². The van der Waals surface area contributed by atoms with Gasteiger partial charge in [0.05, 0.1) is 5.69 Å². The Morgan fingerprint density at radius 3 is 2.67 bits per heavy atom. The highest BCUT2D eigenvalue weighted by Gasteiger charge is 2.29. The number of aromatic carboxylic acids is 1. The Labute approximate surface area is 127 Å². The molecule has 6 nitrogen and oxygen atoms in total. The normalized spacial score (nSPS) is 14.0. The number of carbonyl (C=O) groups is 2. The standard InChI is InChI=1S/C14H19N3O3S/c1-8-11(14(19)20)13(17-12(16-8)9-5-6-9)21-7-3-4-10(18)15-2/h9H,3-7H2,1-2H3,(H,15,18)(H,19,20). The second-order valence-electron chi connectivity index (χ2n) is 5.05. The second kappa shape index (κ2) is 6.89. The number of aryl methyl sites for hydroxylation is 1. The highest BCUT2D eigenvalue weighted by atomic mass is 32.2. The lowest BCUT2D eigenvalue weighted by Crippen LogP contribution is -2.17. The average Bonchev–Trinajstić information content (AvgIpc) is 3.26. The topological polar surface area (TPSA) is 92.2 Å². The number of amides is 1. The average molecular weight is 309 g/mol. The number of carboxylic acid groups (broad SMARTS) is 1. The zero-order chi connectivity index (χ0) is 15.4. The van der Waals surface area contributed by atoms with Crippen LogP contribution in [0.25, 0.3) is 0 Å². The molecule has 0 bridgehead atoms. The van der Waals surface area contributed by atoms with Crippen molar-refractivity contribution < 1.29 is 14.7 Å². The highest BCUT2D eigenvalue weighted by molar-refractivity contribution is 7.99. The Morgan fingerprint density at radius 2 is 2.10 bits per heavy atom. The lowest BCUT2D eigenvalue weighted by atomic mass is 10.2. The maximum absolute atomic E-state index is 11.4. The number of carbonyl (C=O) groups excluding carboxylic acids is 1. The molecule has 7 heteroatoms. The van der Waals surface area contributed by atoms with Gasteiger partial charge in [-0.1, -0.05) is 0 Å². The molecule has 0 spiro atoms. The molecule has 0 atom stereocenters. The minimum absolute atomic E-state index is 0.00778. The molecule has 1 aromatic rings. The lowest BCUT2D eigenvalue weighted by Gasteiger charge is -2.09. The van der Waals surface area contributed by atoms with Gasteiger partial charge in [-0.05, 0) is 26.2 Å². The molecule has 0 radical (unpaired) electrons. The van der Waals surface area contributed by atoms with Gasteiger partial charge in [-0.15, -0.1) is 11.8 Å². The summed E-state index contributed by atoms with van der Waals surface area (Å²) in [4.78, 5) is 31.3. The van der Waals surface area contributed by atoms with Gasteiger partial charge in [-0.2, -0.15) is 0 Å². The van der Waals surface area contributed by atoms with E-state index in [0.717, 1.165) is 18.7 Å². The highest BCUT2D eigenvalue weighted by Crippen LogP contribution is 2.39. The van der Waals surface area contributed by atoms with E-state index in [1.807, 2.05) is 0 Å². The lowest BCUT2D eigenvalue weighted by molar-refractivity contribution is -0.120. The van der Waals surface area contributed by atoms with Gasteiger partial charge in [-0.25, -0.2) is 14.8 Å². The molecule has 1 saturated carbocycles.